The average Bonchev–Trinajstić information content (AvgIpc) is 2.47. The molecule has 0 aliphatic carbocycles. The van der Waals surface area contributed by atoms with Crippen LogP contribution in [0.1, 0.15) is 25.5 Å². The Balaban J connectivity index is 3.07. The third-order valence-corrected chi connectivity index (χ3v) is 3.44. The Kier molecular flexibility index (Phi) is 8.27. The van der Waals surface area contributed by atoms with Crippen molar-refractivity contribution in [1.29, 1.82) is 0 Å². The third kappa shape index (κ3) is 5.26. The van der Waals surface area contributed by atoms with Crippen LogP contribution in [0, 0.1) is 5.82 Å². The van der Waals surface area contributed by atoms with Gasteiger partial charge in [0.25, 0.3) is 0 Å². The van der Waals surface area contributed by atoms with Crippen molar-refractivity contribution < 1.29 is 13.9 Å². The van der Waals surface area contributed by atoms with E-state index in [9.17, 15) is 4.39 Å². The summed E-state index contributed by atoms with van der Waals surface area (Å²) in [6.45, 7) is 7.39. The molecular weight excluding hydrogens is 271 g/mol. The first kappa shape index (κ1) is 17.9. The van der Waals surface area contributed by atoms with E-state index in [2.05, 4.69) is 10.2 Å². The van der Waals surface area contributed by atoms with Gasteiger partial charge in [0.15, 0.2) is 0 Å². The normalized spacial score (nSPS) is 12.4. The first-order valence-electron chi connectivity index (χ1n) is 7.40. The van der Waals surface area contributed by atoms with Gasteiger partial charge in [0.1, 0.15) is 5.82 Å². The number of ether oxygens (including phenoxy) is 2. The van der Waals surface area contributed by atoms with Gasteiger partial charge in [0, 0.05) is 44.6 Å². The molecular formula is C16H27FN2O2. The third-order valence-electron chi connectivity index (χ3n) is 3.44. The molecule has 5 heteroatoms. The molecule has 0 amide bonds. The summed E-state index contributed by atoms with van der Waals surface area (Å²) in [6, 6.07) is 5.17. The second-order valence-electron chi connectivity index (χ2n) is 4.92. The van der Waals surface area contributed by atoms with Gasteiger partial charge in [-0.1, -0.05) is 13.0 Å². The van der Waals surface area contributed by atoms with Crippen LogP contribution in [0.15, 0.2) is 18.2 Å². The molecule has 0 aliphatic heterocycles. The fourth-order valence-electron chi connectivity index (χ4n) is 2.39. The molecule has 1 N–H and O–H groups in total. The second kappa shape index (κ2) is 9.71. The Morgan fingerprint density at radius 1 is 1.19 bits per heavy atom. The van der Waals surface area contributed by atoms with E-state index in [4.69, 9.17) is 9.47 Å². The predicted octanol–water partition coefficient (Wildman–Crippen LogP) is 2.60. The zero-order chi connectivity index (χ0) is 15.7. The van der Waals surface area contributed by atoms with Crippen molar-refractivity contribution in [2.75, 3.05) is 52.0 Å². The minimum atomic E-state index is -0.180. The van der Waals surface area contributed by atoms with Crippen LogP contribution < -0.4 is 10.2 Å². The number of hydrogen-bond acceptors (Lipinski definition) is 4. The molecule has 0 aromatic heterocycles. The number of nitrogens with one attached hydrogen (secondary N) is 1. The smallest absolute Gasteiger partial charge is 0.130 e. The minimum Gasteiger partial charge on any atom is -0.383 e. The number of nitrogens with zero attached hydrogens (tertiary/aromatic N) is 1. The number of hydrogen-bond donors (Lipinski definition) is 1. The first-order chi connectivity index (χ1) is 10.2. The quantitative estimate of drug-likeness (QED) is 0.720. The fourth-order valence-corrected chi connectivity index (χ4v) is 2.39. The standard InChI is InChI=1S/C16H27FN2O2/c1-5-18-13(2)16-14(17)7-6-8-15(16)19(9-11-20-3)10-12-21-4/h6-8,13,18H,5,9-12H2,1-4H3. The SMILES string of the molecule is CCNC(C)c1c(F)cccc1N(CCOC)CCOC. The molecule has 0 fully saturated rings. The molecule has 120 valence electrons. The van der Waals surface area contributed by atoms with Crippen molar-refractivity contribution in [3.63, 3.8) is 0 Å². The number of benzene rings is 1. The monoisotopic (exact) mass is 298 g/mol. The summed E-state index contributed by atoms with van der Waals surface area (Å²) < 4.78 is 24.6. The molecule has 0 aliphatic rings. The summed E-state index contributed by atoms with van der Waals surface area (Å²) in [5.41, 5.74) is 1.60. The lowest BCUT2D eigenvalue weighted by molar-refractivity contribution is 0.190. The van der Waals surface area contributed by atoms with Gasteiger partial charge in [-0.3, -0.25) is 0 Å². The van der Waals surface area contributed by atoms with E-state index in [1.54, 1.807) is 20.3 Å². The summed E-state index contributed by atoms with van der Waals surface area (Å²) in [5, 5.41) is 3.28. The van der Waals surface area contributed by atoms with Crippen molar-refractivity contribution in [1.82, 2.24) is 5.32 Å². The van der Waals surface area contributed by atoms with Gasteiger partial charge in [0.05, 0.1) is 13.2 Å². The van der Waals surface area contributed by atoms with E-state index in [0.717, 1.165) is 12.2 Å². The average molecular weight is 298 g/mol. The maximum atomic E-state index is 14.3. The maximum absolute atomic E-state index is 14.3. The van der Waals surface area contributed by atoms with Crippen LogP contribution in [-0.4, -0.2) is 47.1 Å². The Hall–Kier alpha value is -1.17. The molecule has 1 aromatic rings. The highest BCUT2D eigenvalue weighted by atomic mass is 19.1. The molecule has 0 spiro atoms. The fraction of sp³-hybridized carbons (Fsp3) is 0.625. The summed E-state index contributed by atoms with van der Waals surface area (Å²) in [5.74, 6) is -0.180. The Labute approximate surface area is 127 Å². The summed E-state index contributed by atoms with van der Waals surface area (Å²) in [6.07, 6.45) is 0. The predicted molar refractivity (Wildman–Crippen MR) is 84.5 cm³/mol. The van der Waals surface area contributed by atoms with Crippen LogP contribution in [0.25, 0.3) is 0 Å². The molecule has 0 saturated carbocycles. The van der Waals surface area contributed by atoms with Gasteiger partial charge in [-0.25, -0.2) is 4.39 Å². The van der Waals surface area contributed by atoms with Crippen molar-refractivity contribution in [2.45, 2.75) is 19.9 Å². The molecule has 0 heterocycles. The van der Waals surface area contributed by atoms with Crippen LogP contribution in [0.3, 0.4) is 0 Å². The van der Waals surface area contributed by atoms with Gasteiger partial charge in [-0.05, 0) is 25.6 Å². The number of methoxy groups -OCH3 is 2. The molecule has 1 unspecified atom stereocenters. The zero-order valence-corrected chi connectivity index (χ0v) is 13.5. The van der Waals surface area contributed by atoms with Crippen molar-refractivity contribution >= 4 is 5.69 Å². The zero-order valence-electron chi connectivity index (χ0n) is 13.5. The highest BCUT2D eigenvalue weighted by molar-refractivity contribution is 5.55. The Morgan fingerprint density at radius 3 is 2.33 bits per heavy atom. The van der Waals surface area contributed by atoms with Gasteiger partial charge >= 0.3 is 0 Å². The number of anilines is 1. The molecule has 0 saturated heterocycles. The Bertz CT molecular complexity index is 407. The minimum absolute atomic E-state index is 0.0428. The molecule has 1 atom stereocenters. The van der Waals surface area contributed by atoms with Crippen molar-refractivity contribution in [3.05, 3.63) is 29.6 Å². The highest BCUT2D eigenvalue weighted by Crippen LogP contribution is 2.29. The van der Waals surface area contributed by atoms with E-state index in [1.165, 1.54) is 6.07 Å². The molecule has 0 bridgehead atoms. The van der Waals surface area contributed by atoms with Gasteiger partial charge in [-0.15, -0.1) is 0 Å². The van der Waals surface area contributed by atoms with Crippen LogP contribution in [0.4, 0.5) is 10.1 Å². The Morgan fingerprint density at radius 2 is 1.81 bits per heavy atom. The summed E-state index contributed by atoms with van der Waals surface area (Å²) in [7, 11) is 3.34. The lowest BCUT2D eigenvalue weighted by Gasteiger charge is -2.29. The summed E-state index contributed by atoms with van der Waals surface area (Å²) >= 11 is 0. The van der Waals surface area contributed by atoms with Gasteiger partial charge in [0.2, 0.25) is 0 Å². The van der Waals surface area contributed by atoms with Crippen LogP contribution in [-0.2, 0) is 9.47 Å². The topological polar surface area (TPSA) is 33.7 Å². The molecule has 1 rings (SSSR count). The van der Waals surface area contributed by atoms with Gasteiger partial charge < -0.3 is 19.7 Å². The maximum Gasteiger partial charge on any atom is 0.130 e. The van der Waals surface area contributed by atoms with Gasteiger partial charge in [-0.2, -0.15) is 0 Å². The van der Waals surface area contributed by atoms with E-state index in [0.29, 0.717) is 31.9 Å². The molecule has 4 nitrogen and oxygen atoms in total. The number of halogens is 1. The highest BCUT2D eigenvalue weighted by Gasteiger charge is 2.19. The molecule has 21 heavy (non-hydrogen) atoms. The van der Waals surface area contributed by atoms with E-state index in [-0.39, 0.29) is 11.9 Å². The lowest BCUT2D eigenvalue weighted by atomic mass is 10.0. The second-order valence-corrected chi connectivity index (χ2v) is 4.92. The molecule has 0 radical (unpaired) electrons. The van der Waals surface area contributed by atoms with E-state index < -0.39 is 0 Å². The first-order valence-corrected chi connectivity index (χ1v) is 7.40. The number of rotatable bonds is 10. The van der Waals surface area contributed by atoms with E-state index in [1.807, 2.05) is 19.9 Å². The van der Waals surface area contributed by atoms with Crippen molar-refractivity contribution in [3.8, 4) is 0 Å². The largest absolute Gasteiger partial charge is 0.383 e. The van der Waals surface area contributed by atoms with Crippen molar-refractivity contribution in [2.24, 2.45) is 0 Å². The van der Waals surface area contributed by atoms with E-state index >= 15 is 0 Å². The van der Waals surface area contributed by atoms with Crippen LogP contribution in [0.2, 0.25) is 0 Å². The summed E-state index contributed by atoms with van der Waals surface area (Å²) in [4.78, 5) is 2.11. The molecule has 1 aromatic carbocycles. The van der Waals surface area contributed by atoms with Crippen LogP contribution >= 0.6 is 0 Å². The lowest BCUT2D eigenvalue weighted by Crippen LogP contribution is -2.33. The van der Waals surface area contributed by atoms with Crippen LogP contribution in [0.5, 0.6) is 0 Å².